The fraction of sp³-hybridized carbons (Fsp3) is 0.105. The number of aryl methyl sites for hydroxylation is 1. The third kappa shape index (κ3) is 2.82. The van der Waals surface area contributed by atoms with Crippen LogP contribution < -0.4 is 10.9 Å². The van der Waals surface area contributed by atoms with Crippen molar-refractivity contribution in [1.82, 2.24) is 20.1 Å². The predicted octanol–water partition coefficient (Wildman–Crippen LogP) is 2.92. The number of carbonyl (C=O) groups is 1. The Labute approximate surface area is 153 Å². The van der Waals surface area contributed by atoms with Crippen LogP contribution in [0.5, 0.6) is 0 Å². The number of para-hydroxylation sites is 1. The quantitative estimate of drug-likeness (QED) is 0.584. The summed E-state index contributed by atoms with van der Waals surface area (Å²) in [4.78, 5) is 25.1. The fourth-order valence-corrected chi connectivity index (χ4v) is 3.62. The molecule has 1 amide bonds. The number of hydrogen-bond acceptors (Lipinski definition) is 4. The highest BCUT2D eigenvalue weighted by atomic mass is 32.1. The largest absolute Gasteiger partial charge is 0.348 e. The van der Waals surface area contributed by atoms with Gasteiger partial charge in [-0.1, -0.05) is 18.2 Å². The maximum absolute atomic E-state index is 12.6. The SMILES string of the molecule is Cn1c(=O)c(CNC(=O)c2cn[nH]c2-c2ccsc2)cc2ccccc21. The molecule has 0 fully saturated rings. The maximum Gasteiger partial charge on any atom is 0.255 e. The number of carbonyl (C=O) groups excluding carboxylic acids is 1. The van der Waals surface area contributed by atoms with Gasteiger partial charge in [0.2, 0.25) is 0 Å². The molecule has 6 nitrogen and oxygen atoms in total. The number of H-pyrrole nitrogens is 1. The van der Waals surface area contributed by atoms with Gasteiger partial charge in [0.15, 0.2) is 0 Å². The van der Waals surface area contributed by atoms with Gasteiger partial charge in [0.1, 0.15) is 0 Å². The van der Waals surface area contributed by atoms with Crippen LogP contribution in [-0.2, 0) is 13.6 Å². The minimum absolute atomic E-state index is 0.116. The topological polar surface area (TPSA) is 79.8 Å². The van der Waals surface area contributed by atoms with Crippen molar-refractivity contribution in [3.63, 3.8) is 0 Å². The third-order valence-electron chi connectivity index (χ3n) is 4.34. The van der Waals surface area contributed by atoms with E-state index in [1.165, 1.54) is 6.20 Å². The van der Waals surface area contributed by atoms with Crippen molar-refractivity contribution >= 4 is 28.1 Å². The van der Waals surface area contributed by atoms with Crippen LogP contribution in [0.2, 0.25) is 0 Å². The molecule has 2 N–H and O–H groups in total. The monoisotopic (exact) mass is 364 g/mol. The lowest BCUT2D eigenvalue weighted by Gasteiger charge is -2.10. The molecule has 4 aromatic rings. The third-order valence-corrected chi connectivity index (χ3v) is 5.02. The van der Waals surface area contributed by atoms with Crippen LogP contribution in [0, 0.1) is 0 Å². The summed E-state index contributed by atoms with van der Waals surface area (Å²) < 4.78 is 1.60. The van der Waals surface area contributed by atoms with Crippen molar-refractivity contribution in [3.05, 3.63) is 74.8 Å². The number of fused-ring (bicyclic) bond motifs is 1. The standard InChI is InChI=1S/C19H16N4O2S/c1-23-16-5-3-2-4-12(16)8-14(19(23)25)9-20-18(24)15-10-21-22-17(15)13-6-7-26-11-13/h2-8,10-11H,9H2,1H3,(H,20,24)(H,21,22). The number of benzene rings is 1. The smallest absolute Gasteiger partial charge is 0.255 e. The second-order valence-corrected chi connectivity index (χ2v) is 6.73. The minimum Gasteiger partial charge on any atom is -0.348 e. The molecule has 0 aliphatic carbocycles. The van der Waals surface area contributed by atoms with Crippen LogP contribution >= 0.6 is 11.3 Å². The van der Waals surface area contributed by atoms with Gasteiger partial charge in [0, 0.05) is 30.1 Å². The van der Waals surface area contributed by atoms with E-state index in [0.29, 0.717) is 16.8 Å². The summed E-state index contributed by atoms with van der Waals surface area (Å²) >= 11 is 1.55. The van der Waals surface area contributed by atoms with E-state index in [2.05, 4.69) is 15.5 Å². The number of rotatable bonds is 4. The first-order valence-electron chi connectivity index (χ1n) is 8.07. The van der Waals surface area contributed by atoms with Gasteiger partial charge in [-0.2, -0.15) is 16.4 Å². The predicted molar refractivity (Wildman–Crippen MR) is 102 cm³/mol. The number of thiophene rings is 1. The Kier molecular flexibility index (Phi) is 4.14. The average molecular weight is 364 g/mol. The first-order chi connectivity index (χ1) is 12.6. The minimum atomic E-state index is -0.268. The van der Waals surface area contributed by atoms with Crippen LogP contribution in [0.15, 0.2) is 58.1 Å². The molecule has 0 radical (unpaired) electrons. The lowest BCUT2D eigenvalue weighted by molar-refractivity contribution is 0.0951. The zero-order valence-corrected chi connectivity index (χ0v) is 14.8. The van der Waals surface area contributed by atoms with Gasteiger partial charge in [-0.3, -0.25) is 14.7 Å². The van der Waals surface area contributed by atoms with Crippen LogP contribution in [0.1, 0.15) is 15.9 Å². The molecule has 0 aliphatic heterocycles. The van der Waals surface area contributed by atoms with E-state index in [-0.39, 0.29) is 18.0 Å². The van der Waals surface area contributed by atoms with Gasteiger partial charge in [-0.25, -0.2) is 0 Å². The highest BCUT2D eigenvalue weighted by Crippen LogP contribution is 2.23. The lowest BCUT2D eigenvalue weighted by Crippen LogP contribution is -2.29. The van der Waals surface area contributed by atoms with E-state index in [1.807, 2.05) is 47.2 Å². The van der Waals surface area contributed by atoms with E-state index < -0.39 is 0 Å². The molecule has 1 aromatic carbocycles. The number of amides is 1. The van der Waals surface area contributed by atoms with Gasteiger partial charge >= 0.3 is 0 Å². The van der Waals surface area contributed by atoms with Crippen LogP contribution in [0.3, 0.4) is 0 Å². The Hall–Kier alpha value is -3.19. The number of nitrogens with zero attached hydrogens (tertiary/aromatic N) is 2. The normalized spacial score (nSPS) is 11.0. The van der Waals surface area contributed by atoms with E-state index in [4.69, 9.17) is 0 Å². The van der Waals surface area contributed by atoms with E-state index in [0.717, 1.165) is 16.5 Å². The van der Waals surface area contributed by atoms with Crippen molar-refractivity contribution in [2.24, 2.45) is 7.05 Å². The molecular formula is C19H16N4O2S. The van der Waals surface area contributed by atoms with Crippen molar-refractivity contribution in [2.45, 2.75) is 6.54 Å². The fourth-order valence-electron chi connectivity index (χ4n) is 2.97. The summed E-state index contributed by atoms with van der Waals surface area (Å²) in [7, 11) is 1.74. The van der Waals surface area contributed by atoms with Gasteiger partial charge in [0.25, 0.3) is 11.5 Å². The highest BCUT2D eigenvalue weighted by Gasteiger charge is 2.16. The Balaban J connectivity index is 1.60. The number of pyridine rings is 1. The number of hydrogen-bond donors (Lipinski definition) is 2. The second-order valence-electron chi connectivity index (χ2n) is 5.95. The van der Waals surface area contributed by atoms with Crippen LogP contribution in [0.25, 0.3) is 22.2 Å². The summed E-state index contributed by atoms with van der Waals surface area (Å²) in [6.07, 6.45) is 1.50. The molecule has 0 bridgehead atoms. The van der Waals surface area contributed by atoms with E-state index in [1.54, 1.807) is 23.0 Å². The summed E-state index contributed by atoms with van der Waals surface area (Å²) in [5, 5.41) is 14.5. The zero-order valence-electron chi connectivity index (χ0n) is 14.0. The summed E-state index contributed by atoms with van der Waals surface area (Å²) in [5.41, 5.74) is 3.34. The molecule has 0 atom stereocenters. The Bertz CT molecular complexity index is 1140. The first-order valence-corrected chi connectivity index (χ1v) is 9.01. The Morgan fingerprint density at radius 1 is 1.31 bits per heavy atom. The van der Waals surface area contributed by atoms with Gasteiger partial charge < -0.3 is 9.88 Å². The molecule has 0 unspecified atom stereocenters. The van der Waals surface area contributed by atoms with Gasteiger partial charge in [0.05, 0.1) is 23.0 Å². The van der Waals surface area contributed by atoms with Crippen molar-refractivity contribution < 1.29 is 4.79 Å². The number of nitrogens with one attached hydrogen (secondary N) is 2. The van der Waals surface area contributed by atoms with E-state index in [9.17, 15) is 9.59 Å². The Morgan fingerprint density at radius 2 is 2.15 bits per heavy atom. The Morgan fingerprint density at radius 3 is 2.96 bits per heavy atom. The van der Waals surface area contributed by atoms with Gasteiger partial charge in [-0.15, -0.1) is 0 Å². The highest BCUT2D eigenvalue weighted by molar-refractivity contribution is 7.08. The molecule has 0 saturated carbocycles. The molecule has 7 heteroatoms. The summed E-state index contributed by atoms with van der Waals surface area (Å²) in [6.45, 7) is 0.157. The van der Waals surface area contributed by atoms with Crippen molar-refractivity contribution in [1.29, 1.82) is 0 Å². The summed E-state index contributed by atoms with van der Waals surface area (Å²) in [6, 6.07) is 11.4. The zero-order chi connectivity index (χ0) is 18.1. The van der Waals surface area contributed by atoms with Crippen LogP contribution in [0.4, 0.5) is 0 Å². The first kappa shape index (κ1) is 16.3. The molecule has 0 spiro atoms. The van der Waals surface area contributed by atoms with Gasteiger partial charge in [-0.05, 0) is 29.0 Å². The molecule has 26 heavy (non-hydrogen) atoms. The lowest BCUT2D eigenvalue weighted by atomic mass is 10.1. The number of aromatic nitrogens is 3. The number of aromatic amines is 1. The van der Waals surface area contributed by atoms with Crippen LogP contribution in [-0.4, -0.2) is 20.7 Å². The van der Waals surface area contributed by atoms with Crippen molar-refractivity contribution in [3.8, 4) is 11.3 Å². The molecule has 3 heterocycles. The molecule has 0 aliphatic rings. The molecule has 0 saturated heterocycles. The maximum atomic E-state index is 12.6. The summed E-state index contributed by atoms with van der Waals surface area (Å²) in [5.74, 6) is -0.268. The molecular weight excluding hydrogens is 348 g/mol. The molecule has 3 aromatic heterocycles. The molecule has 130 valence electrons. The second kappa shape index (κ2) is 6.61. The van der Waals surface area contributed by atoms with E-state index >= 15 is 0 Å². The van der Waals surface area contributed by atoms with Crippen molar-refractivity contribution in [2.75, 3.05) is 0 Å². The molecule has 4 rings (SSSR count). The average Bonchev–Trinajstić information content (AvgIpc) is 3.34.